The normalized spacial score (nSPS) is 15.0. The predicted molar refractivity (Wildman–Crippen MR) is 132 cm³/mol. The van der Waals surface area contributed by atoms with Crippen LogP contribution < -0.4 is 5.32 Å². The molecule has 4 aromatic rings. The van der Waals surface area contributed by atoms with Gasteiger partial charge in [-0.3, -0.25) is 14.3 Å². The van der Waals surface area contributed by atoms with Gasteiger partial charge in [0.25, 0.3) is 0 Å². The van der Waals surface area contributed by atoms with Gasteiger partial charge in [0.2, 0.25) is 5.91 Å². The molecule has 6 heteroatoms. The molecule has 1 N–H and O–H groups in total. The average molecular weight is 457 g/mol. The first-order valence-electron chi connectivity index (χ1n) is 11.9. The van der Waals surface area contributed by atoms with E-state index < -0.39 is 0 Å². The van der Waals surface area contributed by atoms with Gasteiger partial charge < -0.3 is 5.32 Å². The molecule has 0 aliphatic carbocycles. The summed E-state index contributed by atoms with van der Waals surface area (Å²) in [6.45, 7) is 3.06. The molecule has 0 unspecified atom stereocenters. The predicted octanol–water partition coefficient (Wildman–Crippen LogP) is 4.74. The highest BCUT2D eigenvalue weighted by Crippen LogP contribution is 2.25. The summed E-state index contributed by atoms with van der Waals surface area (Å²) in [4.78, 5) is 19.9. The molecule has 0 spiro atoms. The number of halogens is 1. The summed E-state index contributed by atoms with van der Waals surface area (Å²) < 4.78 is 15.6. The zero-order chi connectivity index (χ0) is 23.3. The molecule has 2 heterocycles. The van der Waals surface area contributed by atoms with Crippen molar-refractivity contribution in [2.45, 2.75) is 25.8 Å². The van der Waals surface area contributed by atoms with E-state index in [2.05, 4.69) is 26.9 Å². The minimum atomic E-state index is -0.251. The van der Waals surface area contributed by atoms with Crippen molar-refractivity contribution in [1.82, 2.24) is 19.8 Å². The molecule has 1 aromatic heterocycles. The van der Waals surface area contributed by atoms with Crippen molar-refractivity contribution >= 4 is 16.9 Å². The third-order valence-electron chi connectivity index (χ3n) is 6.59. The van der Waals surface area contributed by atoms with E-state index in [4.69, 9.17) is 4.98 Å². The molecule has 1 aliphatic rings. The first kappa shape index (κ1) is 22.3. The van der Waals surface area contributed by atoms with Gasteiger partial charge in [-0.25, -0.2) is 9.37 Å². The fraction of sp³-hybridized carbons (Fsp3) is 0.286. The molecule has 0 saturated carbocycles. The topological polar surface area (TPSA) is 50.2 Å². The van der Waals surface area contributed by atoms with Crippen LogP contribution >= 0.6 is 0 Å². The Labute approximate surface area is 199 Å². The molecule has 5 rings (SSSR count). The van der Waals surface area contributed by atoms with Crippen LogP contribution in [-0.2, 0) is 17.8 Å². The van der Waals surface area contributed by atoms with Crippen LogP contribution in [0.15, 0.2) is 78.9 Å². The molecule has 0 atom stereocenters. The molecule has 1 aliphatic heterocycles. The van der Waals surface area contributed by atoms with Gasteiger partial charge >= 0.3 is 0 Å². The van der Waals surface area contributed by atoms with Crippen LogP contribution in [0.4, 0.5) is 4.39 Å². The molecule has 0 radical (unpaired) electrons. The maximum Gasteiger partial charge on any atom is 0.223 e. The van der Waals surface area contributed by atoms with Crippen molar-refractivity contribution in [1.29, 1.82) is 0 Å². The minimum absolute atomic E-state index is 0.0583. The quantitative estimate of drug-likeness (QED) is 0.437. The summed E-state index contributed by atoms with van der Waals surface area (Å²) in [6.07, 6.45) is 2.53. The van der Waals surface area contributed by atoms with Gasteiger partial charge in [-0.05, 0) is 74.3 Å². The third kappa shape index (κ3) is 5.02. The fourth-order valence-corrected chi connectivity index (χ4v) is 4.73. The first-order chi connectivity index (χ1) is 16.7. The van der Waals surface area contributed by atoms with Gasteiger partial charge in [-0.1, -0.05) is 42.5 Å². The van der Waals surface area contributed by atoms with E-state index in [1.165, 1.54) is 17.7 Å². The van der Waals surface area contributed by atoms with Crippen LogP contribution in [0.1, 0.15) is 24.2 Å². The minimum Gasteiger partial charge on any atom is -0.356 e. The molecular formula is C28H29FN4O. The van der Waals surface area contributed by atoms with E-state index in [-0.39, 0.29) is 17.6 Å². The Morgan fingerprint density at radius 3 is 2.41 bits per heavy atom. The van der Waals surface area contributed by atoms with Gasteiger partial charge in [0.15, 0.2) is 0 Å². The number of carbonyl (C=O) groups excluding carboxylic acids is 1. The molecule has 34 heavy (non-hydrogen) atoms. The number of imidazole rings is 1. The highest BCUT2D eigenvalue weighted by molar-refractivity contribution is 5.79. The number of hydrogen-bond acceptors (Lipinski definition) is 3. The second-order valence-corrected chi connectivity index (χ2v) is 8.91. The Kier molecular flexibility index (Phi) is 6.67. The van der Waals surface area contributed by atoms with Gasteiger partial charge in [0.1, 0.15) is 11.6 Å². The molecule has 174 valence electrons. The molecule has 5 nitrogen and oxygen atoms in total. The van der Waals surface area contributed by atoms with Gasteiger partial charge in [-0.15, -0.1) is 0 Å². The zero-order valence-electron chi connectivity index (χ0n) is 19.2. The van der Waals surface area contributed by atoms with Crippen molar-refractivity contribution in [2.75, 3.05) is 19.6 Å². The van der Waals surface area contributed by atoms with Crippen molar-refractivity contribution in [3.05, 3.63) is 96.1 Å². The van der Waals surface area contributed by atoms with E-state index in [9.17, 15) is 9.18 Å². The summed E-state index contributed by atoms with van der Waals surface area (Å²) in [5, 5.41) is 3.11. The number of carbonyl (C=O) groups is 1. The van der Waals surface area contributed by atoms with Gasteiger partial charge in [0.05, 0.1) is 17.6 Å². The lowest BCUT2D eigenvalue weighted by Crippen LogP contribution is -2.41. The second kappa shape index (κ2) is 10.2. The van der Waals surface area contributed by atoms with E-state index in [0.29, 0.717) is 13.1 Å². The number of para-hydroxylation sites is 2. The number of nitrogens with one attached hydrogen (secondary N) is 1. The van der Waals surface area contributed by atoms with Gasteiger partial charge in [-0.2, -0.15) is 0 Å². The van der Waals surface area contributed by atoms with Crippen LogP contribution in [0.25, 0.3) is 16.7 Å². The molecule has 1 fully saturated rings. The van der Waals surface area contributed by atoms with Crippen LogP contribution in [-0.4, -0.2) is 40.0 Å². The lowest BCUT2D eigenvalue weighted by atomic mass is 9.96. The lowest BCUT2D eigenvalue weighted by molar-refractivity contribution is -0.126. The van der Waals surface area contributed by atoms with Crippen LogP contribution in [0.2, 0.25) is 0 Å². The lowest BCUT2D eigenvalue weighted by Gasteiger charge is -2.31. The molecule has 3 aromatic carbocycles. The van der Waals surface area contributed by atoms with Crippen molar-refractivity contribution in [3.63, 3.8) is 0 Å². The summed E-state index contributed by atoms with van der Waals surface area (Å²) in [5.41, 5.74) is 4.07. The van der Waals surface area contributed by atoms with E-state index in [1.54, 1.807) is 12.1 Å². The summed E-state index contributed by atoms with van der Waals surface area (Å²) in [7, 11) is 0. The molecule has 1 saturated heterocycles. The Balaban J connectivity index is 1.21. The fourth-order valence-electron chi connectivity index (χ4n) is 4.73. The summed E-state index contributed by atoms with van der Waals surface area (Å²) >= 11 is 0. The number of amides is 1. The third-order valence-corrected chi connectivity index (χ3v) is 6.59. The first-order valence-corrected chi connectivity index (χ1v) is 11.9. The Morgan fingerprint density at radius 1 is 0.941 bits per heavy atom. The average Bonchev–Trinajstić information content (AvgIpc) is 3.23. The summed E-state index contributed by atoms with van der Waals surface area (Å²) in [5.74, 6) is 0.898. The number of fused-ring (bicyclic) bond motifs is 1. The Morgan fingerprint density at radius 2 is 1.65 bits per heavy atom. The van der Waals surface area contributed by atoms with Crippen molar-refractivity contribution < 1.29 is 9.18 Å². The monoisotopic (exact) mass is 456 g/mol. The van der Waals surface area contributed by atoms with E-state index in [1.807, 2.05) is 42.5 Å². The number of hydrogen-bond donors (Lipinski definition) is 1. The van der Waals surface area contributed by atoms with Crippen molar-refractivity contribution in [3.8, 4) is 5.69 Å². The van der Waals surface area contributed by atoms with E-state index >= 15 is 0 Å². The molecule has 1 amide bonds. The van der Waals surface area contributed by atoms with Crippen LogP contribution in [0.5, 0.6) is 0 Å². The maximum absolute atomic E-state index is 13.5. The maximum atomic E-state index is 13.5. The van der Waals surface area contributed by atoms with Crippen molar-refractivity contribution in [2.24, 2.45) is 5.92 Å². The molecule has 0 bridgehead atoms. The summed E-state index contributed by atoms with van der Waals surface area (Å²) in [6, 6.07) is 24.8. The number of nitrogens with zero attached hydrogens (tertiary/aromatic N) is 3. The SMILES string of the molecule is O=C(NCCc1ccccc1)C1CCN(Cc2nc3ccccc3n2-c2ccc(F)cc2)CC1. The number of rotatable bonds is 7. The largest absolute Gasteiger partial charge is 0.356 e. The Hall–Kier alpha value is -3.51. The standard InChI is InChI=1S/C28H29FN4O/c29-23-10-12-24(13-11-23)33-26-9-5-4-8-25(26)31-27(33)20-32-18-15-22(16-19-32)28(34)30-17-14-21-6-2-1-3-7-21/h1-13,22H,14-20H2,(H,30,34). The van der Waals surface area contributed by atoms with E-state index in [0.717, 1.165) is 54.9 Å². The number of piperidine rings is 1. The Bertz CT molecular complexity index is 1240. The smallest absolute Gasteiger partial charge is 0.223 e. The number of benzene rings is 3. The number of aromatic nitrogens is 2. The molecular weight excluding hydrogens is 427 g/mol. The highest BCUT2D eigenvalue weighted by atomic mass is 19.1. The number of likely N-dealkylation sites (tertiary alicyclic amines) is 1. The second-order valence-electron chi connectivity index (χ2n) is 8.91. The van der Waals surface area contributed by atoms with Crippen LogP contribution in [0, 0.1) is 11.7 Å². The zero-order valence-corrected chi connectivity index (χ0v) is 19.2. The van der Waals surface area contributed by atoms with Gasteiger partial charge in [0, 0.05) is 18.2 Å². The highest BCUT2D eigenvalue weighted by Gasteiger charge is 2.26. The van der Waals surface area contributed by atoms with Crippen LogP contribution in [0.3, 0.4) is 0 Å².